The fraction of sp³-hybridized carbons (Fsp3) is 0.350. The molecule has 34 heavy (non-hydrogen) atoms. The largest absolute Gasteiger partial charge is 0.481 e. The number of quaternary nitrogens is 1. The van der Waals surface area contributed by atoms with Gasteiger partial charge in [-0.05, 0) is 30.7 Å². The molecule has 2 heterocycles. The third-order valence-corrected chi connectivity index (χ3v) is 5.37. The number of hydrogen-bond acceptors (Lipinski definition) is 9. The van der Waals surface area contributed by atoms with Gasteiger partial charge in [0.25, 0.3) is 11.8 Å². The van der Waals surface area contributed by atoms with Gasteiger partial charge in [-0.1, -0.05) is 0 Å². The Bertz CT molecular complexity index is 1050. The Labute approximate surface area is 192 Å². The van der Waals surface area contributed by atoms with Gasteiger partial charge >= 0.3 is 18.3 Å². The first kappa shape index (κ1) is 24.3. The van der Waals surface area contributed by atoms with Crippen LogP contribution in [-0.4, -0.2) is 83.4 Å². The van der Waals surface area contributed by atoms with Crippen LogP contribution in [0.4, 0.5) is 5.69 Å². The minimum atomic E-state index is -1.33. The molecule has 2 aliphatic rings. The van der Waals surface area contributed by atoms with Crippen molar-refractivity contribution in [2.45, 2.75) is 31.0 Å². The monoisotopic (exact) mass is 474 g/mol. The molecule has 3 amide bonds. The number of nitrogens with zero attached hydrogens (tertiary/aromatic N) is 2. The minimum absolute atomic E-state index is 0.0671. The van der Waals surface area contributed by atoms with Gasteiger partial charge < -0.3 is 26.6 Å². The molecular weight excluding hydrogens is 450 g/mol. The molecule has 0 aromatic heterocycles. The van der Waals surface area contributed by atoms with Gasteiger partial charge in [0.05, 0.1) is 13.1 Å². The second kappa shape index (κ2) is 10.5. The Morgan fingerprint density at radius 2 is 1.97 bits per heavy atom. The maximum atomic E-state index is 12.3. The fourth-order valence-electron chi connectivity index (χ4n) is 3.60. The van der Waals surface area contributed by atoms with E-state index < -0.39 is 42.3 Å². The number of nitrogens with two attached hydrogens (primary N) is 1. The number of fused-ring (bicyclic) bond motifs is 1. The van der Waals surface area contributed by atoms with Crippen LogP contribution < -0.4 is 26.6 Å². The van der Waals surface area contributed by atoms with Gasteiger partial charge in [0.15, 0.2) is 5.84 Å². The first-order valence-corrected chi connectivity index (χ1v) is 10.3. The van der Waals surface area contributed by atoms with Crippen LogP contribution in [0.5, 0.6) is 0 Å². The summed E-state index contributed by atoms with van der Waals surface area (Å²) in [6, 6.07) is 3.56. The SMILES string of the molecule is NC1=NC2=NCC(CNc3ccc(C(=O)NC(CCC(=O)O)C(=O)O)cc3)[NH+](C=O)C2C(=O)N1. The number of rotatable bonds is 10. The summed E-state index contributed by atoms with van der Waals surface area (Å²) in [5.74, 6) is -3.46. The lowest BCUT2D eigenvalue weighted by Crippen LogP contribution is -3.22. The average Bonchev–Trinajstić information content (AvgIpc) is 2.79. The summed E-state index contributed by atoms with van der Waals surface area (Å²) >= 11 is 0. The first-order chi connectivity index (χ1) is 16.2. The van der Waals surface area contributed by atoms with Crippen LogP contribution in [-0.2, 0) is 19.2 Å². The summed E-state index contributed by atoms with van der Waals surface area (Å²) in [6.07, 6.45) is 0.00192. The lowest BCUT2D eigenvalue weighted by Gasteiger charge is -2.33. The van der Waals surface area contributed by atoms with Crippen molar-refractivity contribution < 1.29 is 39.1 Å². The van der Waals surface area contributed by atoms with Gasteiger partial charge in [0, 0.05) is 17.7 Å². The Hall–Kier alpha value is -4.33. The summed E-state index contributed by atoms with van der Waals surface area (Å²) in [5, 5.41) is 25.7. The van der Waals surface area contributed by atoms with Crippen LogP contribution in [0.25, 0.3) is 0 Å². The molecule has 0 saturated carbocycles. The second-order valence-corrected chi connectivity index (χ2v) is 7.69. The molecule has 0 radical (unpaired) electrons. The number of guanidine groups is 1. The molecule has 4 unspecified atom stereocenters. The molecule has 1 aromatic carbocycles. The van der Waals surface area contributed by atoms with Crippen LogP contribution in [0.15, 0.2) is 34.3 Å². The fourth-order valence-corrected chi connectivity index (χ4v) is 3.60. The van der Waals surface area contributed by atoms with Gasteiger partial charge in [0.1, 0.15) is 12.1 Å². The van der Waals surface area contributed by atoms with E-state index in [0.717, 1.165) is 0 Å². The molecule has 2 aliphatic heterocycles. The van der Waals surface area contributed by atoms with Crippen molar-refractivity contribution in [3.05, 3.63) is 29.8 Å². The average molecular weight is 474 g/mol. The molecule has 8 N–H and O–H groups in total. The van der Waals surface area contributed by atoms with Gasteiger partial charge in [0.2, 0.25) is 12.0 Å². The van der Waals surface area contributed by atoms with Crippen molar-refractivity contribution in [2.24, 2.45) is 15.7 Å². The van der Waals surface area contributed by atoms with Crippen molar-refractivity contribution in [3.8, 4) is 0 Å². The first-order valence-electron chi connectivity index (χ1n) is 10.3. The number of carbonyl (C=O) groups is 5. The molecule has 14 nitrogen and oxygen atoms in total. The molecule has 0 aliphatic carbocycles. The third-order valence-electron chi connectivity index (χ3n) is 5.37. The number of carbonyl (C=O) groups excluding carboxylic acids is 3. The van der Waals surface area contributed by atoms with E-state index >= 15 is 0 Å². The number of benzene rings is 1. The van der Waals surface area contributed by atoms with Crippen molar-refractivity contribution in [1.82, 2.24) is 10.6 Å². The van der Waals surface area contributed by atoms with Gasteiger partial charge in [-0.15, -0.1) is 0 Å². The molecule has 0 saturated heterocycles. The molecule has 3 rings (SSSR count). The summed E-state index contributed by atoms with van der Waals surface area (Å²) in [7, 11) is 0. The van der Waals surface area contributed by atoms with Crippen LogP contribution in [0.2, 0.25) is 0 Å². The summed E-state index contributed by atoms with van der Waals surface area (Å²) in [6.45, 7) is 0.528. The molecule has 0 bridgehead atoms. The molecule has 4 atom stereocenters. The summed E-state index contributed by atoms with van der Waals surface area (Å²) in [5.41, 5.74) is 6.34. The van der Waals surface area contributed by atoms with E-state index in [2.05, 4.69) is 25.9 Å². The number of aliphatic imine (C=N–C) groups is 2. The highest BCUT2D eigenvalue weighted by Crippen LogP contribution is 2.11. The van der Waals surface area contributed by atoms with Crippen molar-refractivity contribution in [2.75, 3.05) is 18.4 Å². The van der Waals surface area contributed by atoms with Crippen molar-refractivity contribution in [1.29, 1.82) is 0 Å². The van der Waals surface area contributed by atoms with E-state index in [1.54, 1.807) is 12.1 Å². The third kappa shape index (κ3) is 5.72. The van der Waals surface area contributed by atoms with Crippen LogP contribution in [0.3, 0.4) is 0 Å². The number of carboxylic acid groups (broad SMARTS) is 2. The molecule has 0 fully saturated rings. The highest BCUT2D eigenvalue weighted by Gasteiger charge is 2.45. The number of carboxylic acids is 2. The Morgan fingerprint density at radius 1 is 1.26 bits per heavy atom. The number of nitrogens with one attached hydrogen (secondary N) is 4. The maximum Gasteiger partial charge on any atom is 0.326 e. The summed E-state index contributed by atoms with van der Waals surface area (Å²) in [4.78, 5) is 66.8. The lowest BCUT2D eigenvalue weighted by atomic mass is 10.1. The molecule has 14 heteroatoms. The Kier molecular flexibility index (Phi) is 7.53. The molecular formula is C20H24N7O7+. The van der Waals surface area contributed by atoms with Crippen LogP contribution in [0.1, 0.15) is 23.2 Å². The van der Waals surface area contributed by atoms with E-state index in [1.165, 1.54) is 12.1 Å². The Morgan fingerprint density at radius 3 is 2.59 bits per heavy atom. The van der Waals surface area contributed by atoms with E-state index in [9.17, 15) is 29.1 Å². The predicted molar refractivity (Wildman–Crippen MR) is 117 cm³/mol. The molecule has 180 valence electrons. The van der Waals surface area contributed by atoms with E-state index in [1.807, 2.05) is 0 Å². The highest BCUT2D eigenvalue weighted by molar-refractivity contribution is 6.18. The zero-order valence-corrected chi connectivity index (χ0v) is 17.9. The van der Waals surface area contributed by atoms with Crippen LogP contribution >= 0.6 is 0 Å². The zero-order chi connectivity index (χ0) is 24.8. The number of anilines is 1. The van der Waals surface area contributed by atoms with Gasteiger partial charge in [-0.3, -0.25) is 29.6 Å². The molecule has 1 aromatic rings. The maximum absolute atomic E-state index is 12.3. The van der Waals surface area contributed by atoms with Gasteiger partial charge in [-0.25, -0.2) is 9.59 Å². The lowest BCUT2D eigenvalue weighted by molar-refractivity contribution is -0.843. The minimum Gasteiger partial charge on any atom is -0.481 e. The molecule has 0 spiro atoms. The number of amides is 3. The van der Waals surface area contributed by atoms with Crippen LogP contribution in [0, 0.1) is 0 Å². The standard InChI is InChI=1S/C20H23N7O7/c21-20-25-16-15(18(32)26-20)27(9-28)12(8-23-16)7-22-11-3-1-10(2-4-11)17(31)24-13(19(33)34)5-6-14(29)30/h1-4,9,12-13,15,22H,5-8H2,(H,24,31)(H,29,30)(H,33,34)(H3,21,23,25,26,32)/p+1. The van der Waals surface area contributed by atoms with E-state index in [0.29, 0.717) is 17.0 Å². The quantitative estimate of drug-likeness (QED) is 0.169. The number of aliphatic carboxylic acids is 2. The highest BCUT2D eigenvalue weighted by atomic mass is 16.4. The number of amidine groups is 1. The van der Waals surface area contributed by atoms with E-state index in [4.69, 9.17) is 10.8 Å². The van der Waals surface area contributed by atoms with E-state index in [-0.39, 0.29) is 42.9 Å². The smallest absolute Gasteiger partial charge is 0.326 e. The Balaban J connectivity index is 1.60. The summed E-state index contributed by atoms with van der Waals surface area (Å²) < 4.78 is 0. The topological polar surface area (TPSA) is 217 Å². The van der Waals surface area contributed by atoms with Gasteiger partial charge in [-0.2, -0.15) is 4.99 Å². The number of hydrogen-bond donors (Lipinski definition) is 7. The predicted octanol–water partition coefficient (Wildman–Crippen LogP) is -3.22. The zero-order valence-electron chi connectivity index (χ0n) is 17.9. The normalized spacial score (nSPS) is 22.2. The second-order valence-electron chi connectivity index (χ2n) is 7.69. The van der Waals surface area contributed by atoms with Crippen molar-refractivity contribution >= 4 is 47.6 Å². The van der Waals surface area contributed by atoms with Crippen molar-refractivity contribution in [3.63, 3.8) is 0 Å².